The molecule has 1 aliphatic carbocycles. The Bertz CT molecular complexity index is 485. The van der Waals surface area contributed by atoms with Crippen LogP contribution in [-0.2, 0) is 4.79 Å². The fraction of sp³-hybridized carbons (Fsp3) is 0.632. The number of nitrogens with two attached hydrogens (primary N) is 1. The second-order valence-corrected chi connectivity index (χ2v) is 6.96. The monoisotopic (exact) mass is 336 g/mol. The molecule has 4 heteroatoms. The smallest absolute Gasteiger partial charge is 0.223 e. The minimum absolute atomic E-state index is 0. The number of rotatable bonds is 5. The Morgan fingerprint density at radius 1 is 1.17 bits per heavy atom. The Balaban J connectivity index is 0.00000192. The van der Waals surface area contributed by atoms with Crippen LogP contribution in [-0.4, -0.2) is 29.9 Å². The molecule has 1 atom stereocenters. The predicted molar refractivity (Wildman–Crippen MR) is 96.8 cm³/mol. The van der Waals surface area contributed by atoms with E-state index in [1.807, 2.05) is 0 Å². The van der Waals surface area contributed by atoms with Crippen molar-refractivity contribution in [2.45, 2.75) is 56.9 Å². The van der Waals surface area contributed by atoms with E-state index < -0.39 is 0 Å². The standard InChI is InChI=1S/C19H28N2O.ClH/c20-10-9-18-8-4-5-11-21(18)19(22)14-15-12-17(13-15)16-6-2-1-3-7-16;/h1-3,6-7,15,17-18H,4-5,8-14,20H2;1H. The first-order chi connectivity index (χ1) is 10.8. The molecule has 3 rings (SSSR count). The molecular weight excluding hydrogens is 308 g/mol. The van der Waals surface area contributed by atoms with Crippen molar-refractivity contribution >= 4 is 18.3 Å². The zero-order chi connectivity index (χ0) is 15.4. The maximum Gasteiger partial charge on any atom is 0.223 e. The lowest BCUT2D eigenvalue weighted by atomic mass is 9.70. The summed E-state index contributed by atoms with van der Waals surface area (Å²) in [4.78, 5) is 14.7. The number of benzene rings is 1. The van der Waals surface area contributed by atoms with Gasteiger partial charge in [0.1, 0.15) is 0 Å². The molecule has 1 amide bonds. The topological polar surface area (TPSA) is 46.3 Å². The minimum Gasteiger partial charge on any atom is -0.340 e. The van der Waals surface area contributed by atoms with Crippen LogP contribution >= 0.6 is 12.4 Å². The van der Waals surface area contributed by atoms with Crippen molar-refractivity contribution in [3.8, 4) is 0 Å². The van der Waals surface area contributed by atoms with Gasteiger partial charge < -0.3 is 10.6 Å². The average Bonchev–Trinajstić information content (AvgIpc) is 2.52. The van der Waals surface area contributed by atoms with E-state index in [-0.39, 0.29) is 12.4 Å². The molecule has 2 aliphatic rings. The summed E-state index contributed by atoms with van der Waals surface area (Å²) in [5, 5.41) is 0. The predicted octanol–water partition coefficient (Wildman–Crippen LogP) is 3.72. The maximum absolute atomic E-state index is 12.6. The Kier molecular flexibility index (Phi) is 6.91. The Morgan fingerprint density at radius 2 is 1.91 bits per heavy atom. The lowest BCUT2D eigenvalue weighted by Crippen LogP contribution is -2.45. The zero-order valence-corrected chi connectivity index (χ0v) is 14.6. The highest BCUT2D eigenvalue weighted by Crippen LogP contribution is 2.43. The molecule has 1 unspecified atom stereocenters. The number of nitrogens with zero attached hydrogens (tertiary/aromatic N) is 1. The van der Waals surface area contributed by atoms with E-state index in [1.165, 1.54) is 24.8 Å². The SMILES string of the molecule is Cl.NCCC1CCCCN1C(=O)CC1CC(c2ccccc2)C1. The number of halogens is 1. The summed E-state index contributed by atoms with van der Waals surface area (Å²) in [7, 11) is 0. The lowest BCUT2D eigenvalue weighted by molar-refractivity contribution is -0.136. The fourth-order valence-corrected chi connectivity index (χ4v) is 4.09. The van der Waals surface area contributed by atoms with Crippen LogP contribution in [0.1, 0.15) is 56.4 Å². The van der Waals surface area contributed by atoms with Gasteiger partial charge in [0.25, 0.3) is 0 Å². The van der Waals surface area contributed by atoms with Crippen molar-refractivity contribution in [1.29, 1.82) is 0 Å². The molecule has 0 radical (unpaired) electrons. The molecule has 2 fully saturated rings. The van der Waals surface area contributed by atoms with Gasteiger partial charge in [0.2, 0.25) is 5.91 Å². The van der Waals surface area contributed by atoms with Gasteiger partial charge in [-0.2, -0.15) is 0 Å². The summed E-state index contributed by atoms with van der Waals surface area (Å²) in [5.74, 6) is 1.62. The van der Waals surface area contributed by atoms with Gasteiger partial charge in [-0.15, -0.1) is 12.4 Å². The van der Waals surface area contributed by atoms with Gasteiger partial charge in [-0.1, -0.05) is 30.3 Å². The van der Waals surface area contributed by atoms with Gasteiger partial charge in [-0.3, -0.25) is 4.79 Å². The molecular formula is C19H29ClN2O. The highest BCUT2D eigenvalue weighted by atomic mass is 35.5. The van der Waals surface area contributed by atoms with Crippen LogP contribution in [0.5, 0.6) is 0 Å². The van der Waals surface area contributed by atoms with Gasteiger partial charge in [0.05, 0.1) is 0 Å². The van der Waals surface area contributed by atoms with Crippen LogP contribution in [0.15, 0.2) is 30.3 Å². The van der Waals surface area contributed by atoms with Crippen molar-refractivity contribution in [2.24, 2.45) is 11.7 Å². The number of carbonyl (C=O) groups excluding carboxylic acids is 1. The molecule has 1 heterocycles. The number of hydrogen-bond donors (Lipinski definition) is 1. The maximum atomic E-state index is 12.6. The van der Waals surface area contributed by atoms with Gasteiger partial charge >= 0.3 is 0 Å². The van der Waals surface area contributed by atoms with E-state index >= 15 is 0 Å². The van der Waals surface area contributed by atoms with E-state index in [4.69, 9.17) is 5.73 Å². The third kappa shape index (κ3) is 4.48. The number of carbonyl (C=O) groups is 1. The van der Waals surface area contributed by atoms with E-state index in [2.05, 4.69) is 35.2 Å². The van der Waals surface area contributed by atoms with Gasteiger partial charge in [-0.05, 0) is 62.5 Å². The van der Waals surface area contributed by atoms with Crippen LogP contribution < -0.4 is 5.73 Å². The number of amides is 1. The summed E-state index contributed by atoms with van der Waals surface area (Å²) < 4.78 is 0. The van der Waals surface area contributed by atoms with Crippen molar-refractivity contribution < 1.29 is 4.79 Å². The van der Waals surface area contributed by atoms with Crippen molar-refractivity contribution in [3.63, 3.8) is 0 Å². The molecule has 0 bridgehead atoms. The molecule has 0 aromatic heterocycles. The molecule has 1 aromatic carbocycles. The van der Waals surface area contributed by atoms with Gasteiger partial charge in [0.15, 0.2) is 0 Å². The summed E-state index contributed by atoms with van der Waals surface area (Å²) in [6.07, 6.45) is 7.59. The molecule has 2 N–H and O–H groups in total. The van der Waals surface area contributed by atoms with E-state index in [1.54, 1.807) is 0 Å². The second kappa shape index (κ2) is 8.70. The van der Waals surface area contributed by atoms with Crippen LogP contribution in [0, 0.1) is 5.92 Å². The molecule has 1 saturated carbocycles. The highest BCUT2D eigenvalue weighted by Gasteiger charge is 2.34. The second-order valence-electron chi connectivity index (χ2n) is 6.96. The normalized spacial score (nSPS) is 27.0. The fourth-order valence-electron chi connectivity index (χ4n) is 4.09. The first-order valence-electron chi connectivity index (χ1n) is 8.82. The van der Waals surface area contributed by atoms with Crippen molar-refractivity contribution in [2.75, 3.05) is 13.1 Å². The molecule has 128 valence electrons. The molecule has 3 nitrogen and oxygen atoms in total. The summed E-state index contributed by atoms with van der Waals surface area (Å²) in [6, 6.07) is 11.1. The van der Waals surface area contributed by atoms with Crippen LogP contribution in [0.4, 0.5) is 0 Å². The van der Waals surface area contributed by atoms with Crippen LogP contribution in [0.25, 0.3) is 0 Å². The quantitative estimate of drug-likeness (QED) is 0.890. The first kappa shape index (κ1) is 18.3. The molecule has 0 spiro atoms. The zero-order valence-electron chi connectivity index (χ0n) is 13.8. The Hall–Kier alpha value is -1.06. The number of likely N-dealkylation sites (tertiary alicyclic amines) is 1. The lowest BCUT2D eigenvalue weighted by Gasteiger charge is -2.40. The average molecular weight is 337 g/mol. The van der Waals surface area contributed by atoms with E-state index in [0.29, 0.717) is 30.3 Å². The molecule has 1 saturated heterocycles. The Labute approximate surface area is 146 Å². The van der Waals surface area contributed by atoms with E-state index in [9.17, 15) is 4.79 Å². The van der Waals surface area contributed by atoms with Gasteiger partial charge in [-0.25, -0.2) is 0 Å². The van der Waals surface area contributed by atoms with Crippen molar-refractivity contribution in [3.05, 3.63) is 35.9 Å². The Morgan fingerprint density at radius 3 is 2.61 bits per heavy atom. The van der Waals surface area contributed by atoms with Crippen LogP contribution in [0.2, 0.25) is 0 Å². The summed E-state index contributed by atoms with van der Waals surface area (Å²) in [5.41, 5.74) is 7.14. The third-order valence-electron chi connectivity index (χ3n) is 5.42. The molecule has 23 heavy (non-hydrogen) atoms. The number of piperidine rings is 1. The first-order valence-corrected chi connectivity index (χ1v) is 8.82. The third-order valence-corrected chi connectivity index (χ3v) is 5.42. The summed E-state index contributed by atoms with van der Waals surface area (Å²) in [6.45, 7) is 1.63. The van der Waals surface area contributed by atoms with Crippen molar-refractivity contribution in [1.82, 2.24) is 4.90 Å². The highest BCUT2D eigenvalue weighted by molar-refractivity contribution is 5.85. The summed E-state index contributed by atoms with van der Waals surface area (Å²) >= 11 is 0. The number of hydrogen-bond acceptors (Lipinski definition) is 2. The molecule has 1 aliphatic heterocycles. The molecule has 1 aromatic rings. The van der Waals surface area contributed by atoms with Crippen LogP contribution in [0.3, 0.4) is 0 Å². The largest absolute Gasteiger partial charge is 0.340 e. The van der Waals surface area contributed by atoms with Gasteiger partial charge in [0, 0.05) is 19.0 Å². The minimum atomic E-state index is 0. The van der Waals surface area contributed by atoms with E-state index in [0.717, 1.165) is 32.2 Å².